The molecule has 144 valence electrons. The number of nitrogens with zero attached hydrogens (tertiary/aromatic N) is 4. The van der Waals surface area contributed by atoms with Crippen LogP contribution in [-0.4, -0.2) is 34.1 Å². The highest BCUT2D eigenvalue weighted by atomic mass is 32.2. The Bertz CT molecular complexity index is 1130. The predicted molar refractivity (Wildman–Crippen MR) is 105 cm³/mol. The van der Waals surface area contributed by atoms with E-state index in [1.165, 1.54) is 18.6 Å². The van der Waals surface area contributed by atoms with Gasteiger partial charge in [0.05, 0.1) is 18.4 Å². The van der Waals surface area contributed by atoms with Gasteiger partial charge >= 0.3 is 0 Å². The maximum absolute atomic E-state index is 12.2. The predicted octanol–water partition coefficient (Wildman–Crippen LogP) is 1.44. The maximum Gasteiger partial charge on any atom is 0.278 e. The van der Waals surface area contributed by atoms with Gasteiger partial charge in [0.15, 0.2) is 11.5 Å². The van der Waals surface area contributed by atoms with E-state index in [4.69, 9.17) is 5.73 Å². The second kappa shape index (κ2) is 7.88. The zero-order chi connectivity index (χ0) is 20.1. The van der Waals surface area contributed by atoms with Crippen LogP contribution in [0.1, 0.15) is 16.1 Å². The van der Waals surface area contributed by atoms with Crippen LogP contribution >= 0.6 is 0 Å². The summed E-state index contributed by atoms with van der Waals surface area (Å²) >= 11 is 0. The molecule has 1 amide bonds. The van der Waals surface area contributed by atoms with Gasteiger partial charge in [-0.15, -0.1) is 0 Å². The minimum absolute atomic E-state index is 0.0254. The molecular weight excluding hydrogens is 382 g/mol. The van der Waals surface area contributed by atoms with Crippen molar-refractivity contribution in [1.29, 1.82) is 0 Å². The summed E-state index contributed by atoms with van der Waals surface area (Å²) in [5.41, 5.74) is 7.34. The molecule has 0 spiro atoms. The van der Waals surface area contributed by atoms with Crippen LogP contribution in [0.15, 0.2) is 61.0 Å². The summed E-state index contributed by atoms with van der Waals surface area (Å²) in [7, 11) is -3.58. The molecule has 3 rings (SSSR count). The van der Waals surface area contributed by atoms with E-state index < -0.39 is 15.9 Å². The number of nitrogens with two attached hydrogens (primary N) is 1. The number of sulfonamides is 1. The smallest absolute Gasteiger partial charge is 0.278 e. The lowest BCUT2D eigenvalue weighted by atomic mass is 10.2. The van der Waals surface area contributed by atoms with Gasteiger partial charge < -0.3 is 11.1 Å². The van der Waals surface area contributed by atoms with Crippen molar-refractivity contribution in [3.8, 4) is 0 Å². The Labute approximate surface area is 161 Å². The van der Waals surface area contributed by atoms with Crippen LogP contribution < -0.4 is 15.8 Å². The van der Waals surface area contributed by atoms with Crippen molar-refractivity contribution >= 4 is 33.1 Å². The van der Waals surface area contributed by atoms with E-state index in [0.29, 0.717) is 17.9 Å². The molecule has 4 N–H and O–H groups in total. The van der Waals surface area contributed by atoms with Crippen LogP contribution in [0, 0.1) is 0 Å². The summed E-state index contributed by atoms with van der Waals surface area (Å²) in [5, 5.41) is 7.67. The first-order valence-electron chi connectivity index (χ1n) is 8.01. The summed E-state index contributed by atoms with van der Waals surface area (Å²) in [6.07, 6.45) is 5.88. The lowest BCUT2D eigenvalue weighted by Crippen LogP contribution is -2.16. The molecule has 10 nitrogen and oxygen atoms in total. The molecule has 2 aromatic heterocycles. The van der Waals surface area contributed by atoms with Gasteiger partial charge in [-0.1, -0.05) is 18.7 Å². The van der Waals surface area contributed by atoms with Crippen LogP contribution in [-0.2, 0) is 16.6 Å². The van der Waals surface area contributed by atoms with E-state index in [0.717, 1.165) is 11.0 Å². The molecular formula is C17H17N7O3S. The van der Waals surface area contributed by atoms with Crippen molar-refractivity contribution in [2.45, 2.75) is 6.54 Å². The molecule has 0 saturated heterocycles. The summed E-state index contributed by atoms with van der Waals surface area (Å²) in [6, 6.07) is 6.86. The molecule has 2 heterocycles. The van der Waals surface area contributed by atoms with Crippen molar-refractivity contribution in [1.82, 2.24) is 19.7 Å². The quantitative estimate of drug-likeness (QED) is 0.545. The standard InChI is InChI=1S/C17H17N7O3S/c1-2-28(26,27)23-13-5-3-4-12(8-13)10-24-11-14(9-21-24)22-17(25)15-16(18)20-7-6-19-15/h2-9,11,23H,1,10H2,(H2,18,20)(H,22,25). The molecule has 0 aliphatic heterocycles. The van der Waals surface area contributed by atoms with E-state index in [9.17, 15) is 13.2 Å². The molecule has 11 heteroatoms. The van der Waals surface area contributed by atoms with Gasteiger partial charge in [-0.2, -0.15) is 5.10 Å². The number of aromatic nitrogens is 4. The number of carbonyl (C=O) groups is 1. The number of nitrogen functional groups attached to an aromatic ring is 1. The second-order valence-corrected chi connectivity index (χ2v) is 7.31. The summed E-state index contributed by atoms with van der Waals surface area (Å²) < 4.78 is 27.1. The zero-order valence-corrected chi connectivity index (χ0v) is 15.4. The molecule has 0 radical (unpaired) electrons. The first kappa shape index (κ1) is 19.0. The minimum Gasteiger partial charge on any atom is -0.382 e. The third kappa shape index (κ3) is 4.71. The Morgan fingerprint density at radius 3 is 2.79 bits per heavy atom. The van der Waals surface area contributed by atoms with Crippen LogP contribution in [0.2, 0.25) is 0 Å². The molecule has 0 bridgehead atoms. The van der Waals surface area contributed by atoms with Crippen LogP contribution in [0.4, 0.5) is 17.2 Å². The Morgan fingerprint density at radius 1 is 1.25 bits per heavy atom. The number of amides is 1. The highest BCUT2D eigenvalue weighted by Gasteiger charge is 2.13. The Balaban J connectivity index is 1.69. The fourth-order valence-electron chi connectivity index (χ4n) is 2.35. The topological polar surface area (TPSA) is 145 Å². The second-order valence-electron chi connectivity index (χ2n) is 5.69. The van der Waals surface area contributed by atoms with Gasteiger partial charge in [-0.3, -0.25) is 14.2 Å². The molecule has 0 aliphatic carbocycles. The highest BCUT2D eigenvalue weighted by molar-refractivity contribution is 7.95. The number of hydrogen-bond acceptors (Lipinski definition) is 7. The monoisotopic (exact) mass is 399 g/mol. The minimum atomic E-state index is -3.58. The van der Waals surface area contributed by atoms with Gasteiger partial charge in [0.25, 0.3) is 15.9 Å². The Kier molecular flexibility index (Phi) is 5.36. The van der Waals surface area contributed by atoms with Crippen LogP contribution in [0.5, 0.6) is 0 Å². The van der Waals surface area contributed by atoms with E-state index in [-0.39, 0.29) is 11.5 Å². The van der Waals surface area contributed by atoms with Crippen LogP contribution in [0.25, 0.3) is 0 Å². The Hall–Kier alpha value is -3.73. The molecule has 1 aromatic carbocycles. The lowest BCUT2D eigenvalue weighted by molar-refractivity contribution is 0.102. The summed E-state index contributed by atoms with van der Waals surface area (Å²) in [4.78, 5) is 19.9. The van der Waals surface area contributed by atoms with Crippen molar-refractivity contribution in [2.24, 2.45) is 0 Å². The van der Waals surface area contributed by atoms with Crippen LogP contribution in [0.3, 0.4) is 0 Å². The maximum atomic E-state index is 12.2. The summed E-state index contributed by atoms with van der Waals surface area (Å²) in [5.74, 6) is -0.461. The number of nitrogens with one attached hydrogen (secondary N) is 2. The average molecular weight is 399 g/mol. The first-order valence-corrected chi connectivity index (χ1v) is 9.55. The molecule has 0 unspecified atom stereocenters. The number of rotatable bonds is 7. The van der Waals surface area contributed by atoms with E-state index in [2.05, 4.69) is 31.7 Å². The fraction of sp³-hybridized carbons (Fsp3) is 0.0588. The van der Waals surface area contributed by atoms with Crippen molar-refractivity contribution < 1.29 is 13.2 Å². The van der Waals surface area contributed by atoms with Gasteiger partial charge in [-0.05, 0) is 17.7 Å². The first-order chi connectivity index (χ1) is 13.4. The highest BCUT2D eigenvalue weighted by Crippen LogP contribution is 2.15. The molecule has 3 aromatic rings. The molecule has 0 saturated carbocycles. The van der Waals surface area contributed by atoms with Gasteiger partial charge in [-0.25, -0.2) is 18.4 Å². The van der Waals surface area contributed by atoms with E-state index >= 15 is 0 Å². The lowest BCUT2D eigenvalue weighted by Gasteiger charge is -2.07. The van der Waals surface area contributed by atoms with Crippen molar-refractivity contribution in [3.05, 3.63) is 72.3 Å². The third-order valence-corrected chi connectivity index (χ3v) is 4.54. The molecule has 0 atom stereocenters. The number of hydrogen-bond donors (Lipinski definition) is 3. The van der Waals surface area contributed by atoms with Gasteiger partial charge in [0, 0.05) is 29.7 Å². The number of benzene rings is 1. The molecule has 28 heavy (non-hydrogen) atoms. The van der Waals surface area contributed by atoms with E-state index in [1.807, 2.05) is 6.07 Å². The molecule has 0 fully saturated rings. The Morgan fingerprint density at radius 2 is 2.04 bits per heavy atom. The van der Waals surface area contributed by atoms with Gasteiger partial charge in [0.2, 0.25) is 0 Å². The number of anilines is 3. The fourth-order valence-corrected chi connectivity index (χ4v) is 2.89. The average Bonchev–Trinajstić information content (AvgIpc) is 3.08. The van der Waals surface area contributed by atoms with Crippen molar-refractivity contribution in [2.75, 3.05) is 15.8 Å². The van der Waals surface area contributed by atoms with Gasteiger partial charge in [0.1, 0.15) is 0 Å². The zero-order valence-electron chi connectivity index (χ0n) is 14.6. The SMILES string of the molecule is C=CS(=O)(=O)Nc1cccc(Cn2cc(NC(=O)c3nccnc3N)cn2)c1. The number of carbonyl (C=O) groups excluding carboxylic acids is 1. The normalized spacial score (nSPS) is 11.0. The van der Waals surface area contributed by atoms with Crippen molar-refractivity contribution in [3.63, 3.8) is 0 Å². The summed E-state index contributed by atoms with van der Waals surface area (Å²) in [6.45, 7) is 3.62. The molecule has 0 aliphatic rings. The largest absolute Gasteiger partial charge is 0.382 e. The third-order valence-electron chi connectivity index (χ3n) is 3.58. The van der Waals surface area contributed by atoms with E-state index in [1.54, 1.807) is 29.1 Å².